The SMILES string of the molecule is COC(=O)c1cccc2ccc(C)c(C(=O)OC)c12. The number of carbonyl (C=O) groups excluding carboxylic acids is 2. The van der Waals surface area contributed by atoms with Crippen LogP contribution in [-0.4, -0.2) is 26.2 Å². The molecule has 0 unspecified atom stereocenters. The van der Waals surface area contributed by atoms with E-state index in [9.17, 15) is 9.59 Å². The number of ether oxygens (including phenoxy) is 2. The molecule has 19 heavy (non-hydrogen) atoms. The summed E-state index contributed by atoms with van der Waals surface area (Å²) in [5.41, 5.74) is 1.53. The molecule has 0 atom stereocenters. The summed E-state index contributed by atoms with van der Waals surface area (Å²) in [4.78, 5) is 23.8. The molecule has 0 heterocycles. The van der Waals surface area contributed by atoms with Crippen LogP contribution in [0, 0.1) is 6.92 Å². The van der Waals surface area contributed by atoms with E-state index in [1.165, 1.54) is 14.2 Å². The van der Waals surface area contributed by atoms with Crippen LogP contribution in [0.15, 0.2) is 30.3 Å². The molecule has 0 radical (unpaired) electrons. The fourth-order valence-electron chi connectivity index (χ4n) is 2.13. The quantitative estimate of drug-likeness (QED) is 0.777. The van der Waals surface area contributed by atoms with Crippen LogP contribution in [0.4, 0.5) is 0 Å². The molecule has 0 aromatic heterocycles. The first-order valence-electron chi connectivity index (χ1n) is 5.79. The first-order valence-corrected chi connectivity index (χ1v) is 5.79. The zero-order valence-corrected chi connectivity index (χ0v) is 11.0. The summed E-state index contributed by atoms with van der Waals surface area (Å²) >= 11 is 0. The molecule has 4 nitrogen and oxygen atoms in total. The molecule has 0 bridgehead atoms. The summed E-state index contributed by atoms with van der Waals surface area (Å²) in [6.07, 6.45) is 0. The average molecular weight is 258 g/mol. The number of hydrogen-bond donors (Lipinski definition) is 0. The summed E-state index contributed by atoms with van der Waals surface area (Å²) < 4.78 is 9.56. The molecular weight excluding hydrogens is 244 g/mol. The van der Waals surface area contributed by atoms with Gasteiger partial charge in [0.05, 0.1) is 25.3 Å². The van der Waals surface area contributed by atoms with Crippen molar-refractivity contribution < 1.29 is 19.1 Å². The molecule has 2 aromatic carbocycles. The van der Waals surface area contributed by atoms with Gasteiger partial charge in [0.25, 0.3) is 0 Å². The predicted octanol–water partition coefficient (Wildman–Crippen LogP) is 2.72. The number of benzene rings is 2. The second-order valence-corrected chi connectivity index (χ2v) is 4.14. The van der Waals surface area contributed by atoms with Crippen LogP contribution in [0.2, 0.25) is 0 Å². The lowest BCUT2D eigenvalue weighted by Gasteiger charge is -2.11. The van der Waals surface area contributed by atoms with Crippen molar-refractivity contribution in [2.75, 3.05) is 14.2 Å². The number of aryl methyl sites for hydroxylation is 1. The summed E-state index contributed by atoms with van der Waals surface area (Å²) in [5.74, 6) is -0.930. The molecule has 0 saturated carbocycles. The first-order chi connectivity index (χ1) is 9.10. The number of rotatable bonds is 2. The van der Waals surface area contributed by atoms with E-state index in [2.05, 4.69) is 0 Å². The number of hydrogen-bond acceptors (Lipinski definition) is 4. The number of methoxy groups -OCH3 is 2. The van der Waals surface area contributed by atoms with Crippen LogP contribution in [0.1, 0.15) is 26.3 Å². The van der Waals surface area contributed by atoms with Gasteiger partial charge in [-0.05, 0) is 23.9 Å². The lowest BCUT2D eigenvalue weighted by molar-refractivity contribution is 0.0601. The minimum Gasteiger partial charge on any atom is -0.465 e. The Kier molecular flexibility index (Phi) is 3.51. The summed E-state index contributed by atoms with van der Waals surface area (Å²) in [5, 5.41) is 1.37. The van der Waals surface area contributed by atoms with Crippen LogP contribution < -0.4 is 0 Å². The predicted molar refractivity (Wildman–Crippen MR) is 71.4 cm³/mol. The second kappa shape index (κ2) is 5.10. The Morgan fingerprint density at radius 1 is 0.947 bits per heavy atom. The normalized spacial score (nSPS) is 10.3. The van der Waals surface area contributed by atoms with Gasteiger partial charge in [-0.2, -0.15) is 0 Å². The molecule has 98 valence electrons. The van der Waals surface area contributed by atoms with E-state index in [0.717, 1.165) is 10.9 Å². The van der Waals surface area contributed by atoms with Crippen molar-refractivity contribution in [1.82, 2.24) is 0 Å². The number of fused-ring (bicyclic) bond motifs is 1. The van der Waals surface area contributed by atoms with Gasteiger partial charge in [-0.1, -0.05) is 24.3 Å². The maximum absolute atomic E-state index is 11.9. The van der Waals surface area contributed by atoms with Crippen molar-refractivity contribution in [2.45, 2.75) is 6.92 Å². The summed E-state index contributed by atoms with van der Waals surface area (Å²) in [6.45, 7) is 1.81. The third kappa shape index (κ3) is 2.17. The Morgan fingerprint density at radius 2 is 1.63 bits per heavy atom. The van der Waals surface area contributed by atoms with E-state index < -0.39 is 11.9 Å². The Labute approximate surface area is 110 Å². The van der Waals surface area contributed by atoms with Crippen LogP contribution >= 0.6 is 0 Å². The van der Waals surface area contributed by atoms with Crippen molar-refractivity contribution in [1.29, 1.82) is 0 Å². The zero-order chi connectivity index (χ0) is 14.0. The van der Waals surface area contributed by atoms with Crippen molar-refractivity contribution in [3.8, 4) is 0 Å². The molecule has 0 spiro atoms. The smallest absolute Gasteiger partial charge is 0.338 e. The molecule has 0 aliphatic carbocycles. The monoisotopic (exact) mass is 258 g/mol. The third-order valence-electron chi connectivity index (χ3n) is 3.05. The van der Waals surface area contributed by atoms with Gasteiger partial charge in [0.15, 0.2) is 0 Å². The van der Waals surface area contributed by atoms with E-state index in [-0.39, 0.29) is 0 Å². The molecular formula is C15H14O4. The largest absolute Gasteiger partial charge is 0.465 e. The van der Waals surface area contributed by atoms with Crippen LogP contribution in [0.5, 0.6) is 0 Å². The van der Waals surface area contributed by atoms with Gasteiger partial charge in [-0.15, -0.1) is 0 Å². The van der Waals surface area contributed by atoms with Crippen molar-refractivity contribution >= 4 is 22.7 Å². The standard InChI is InChI=1S/C15H14O4/c1-9-7-8-10-5-4-6-11(14(16)18-2)13(10)12(9)15(17)19-3/h4-8H,1-3H3. The minimum absolute atomic E-state index is 0.365. The van der Waals surface area contributed by atoms with E-state index >= 15 is 0 Å². The zero-order valence-electron chi connectivity index (χ0n) is 11.0. The second-order valence-electron chi connectivity index (χ2n) is 4.14. The number of carbonyl (C=O) groups is 2. The van der Waals surface area contributed by atoms with Crippen LogP contribution in [0.25, 0.3) is 10.8 Å². The Hall–Kier alpha value is -2.36. The fraction of sp³-hybridized carbons (Fsp3) is 0.200. The van der Waals surface area contributed by atoms with E-state index in [1.807, 2.05) is 18.2 Å². The Bertz CT molecular complexity index is 658. The lowest BCUT2D eigenvalue weighted by atomic mass is 9.95. The van der Waals surface area contributed by atoms with Crippen LogP contribution in [0.3, 0.4) is 0 Å². The van der Waals surface area contributed by atoms with Crippen molar-refractivity contribution in [3.05, 3.63) is 47.0 Å². The van der Waals surface area contributed by atoms with Crippen LogP contribution in [-0.2, 0) is 9.47 Å². The van der Waals surface area contributed by atoms with Gasteiger partial charge >= 0.3 is 11.9 Å². The molecule has 0 aliphatic rings. The van der Waals surface area contributed by atoms with Gasteiger partial charge in [-0.3, -0.25) is 0 Å². The molecule has 0 fully saturated rings. The fourth-order valence-corrected chi connectivity index (χ4v) is 2.13. The van der Waals surface area contributed by atoms with E-state index in [0.29, 0.717) is 16.5 Å². The molecule has 0 aliphatic heterocycles. The first kappa shape index (κ1) is 13.1. The summed E-state index contributed by atoms with van der Waals surface area (Å²) in [7, 11) is 2.64. The van der Waals surface area contributed by atoms with Gasteiger partial charge in [0, 0.05) is 5.39 Å². The molecule has 0 amide bonds. The highest BCUT2D eigenvalue weighted by atomic mass is 16.5. The third-order valence-corrected chi connectivity index (χ3v) is 3.05. The Balaban J connectivity index is 2.88. The molecule has 0 saturated heterocycles. The molecule has 2 rings (SSSR count). The van der Waals surface area contributed by atoms with Gasteiger partial charge in [0.1, 0.15) is 0 Å². The highest BCUT2D eigenvalue weighted by molar-refractivity contribution is 6.14. The average Bonchev–Trinajstić information content (AvgIpc) is 2.45. The topological polar surface area (TPSA) is 52.6 Å². The van der Waals surface area contributed by atoms with E-state index in [1.54, 1.807) is 19.1 Å². The van der Waals surface area contributed by atoms with Gasteiger partial charge in [-0.25, -0.2) is 9.59 Å². The van der Waals surface area contributed by atoms with Crippen molar-refractivity contribution in [3.63, 3.8) is 0 Å². The molecule has 2 aromatic rings. The Morgan fingerprint density at radius 3 is 2.26 bits per heavy atom. The van der Waals surface area contributed by atoms with E-state index in [4.69, 9.17) is 9.47 Å². The maximum Gasteiger partial charge on any atom is 0.338 e. The molecule has 0 N–H and O–H groups in total. The van der Waals surface area contributed by atoms with Gasteiger partial charge in [0.2, 0.25) is 0 Å². The van der Waals surface area contributed by atoms with Gasteiger partial charge < -0.3 is 9.47 Å². The maximum atomic E-state index is 11.9. The van der Waals surface area contributed by atoms with Crippen molar-refractivity contribution in [2.24, 2.45) is 0 Å². The highest BCUT2D eigenvalue weighted by Gasteiger charge is 2.19. The minimum atomic E-state index is -0.471. The highest BCUT2D eigenvalue weighted by Crippen LogP contribution is 2.27. The summed E-state index contributed by atoms with van der Waals surface area (Å²) in [6, 6.07) is 8.93. The molecule has 4 heteroatoms. The lowest BCUT2D eigenvalue weighted by Crippen LogP contribution is -2.09. The number of esters is 2.